The summed E-state index contributed by atoms with van der Waals surface area (Å²) in [6.07, 6.45) is 0. The predicted octanol–water partition coefficient (Wildman–Crippen LogP) is 4.29. The van der Waals surface area contributed by atoms with Gasteiger partial charge in [-0.05, 0) is 37.1 Å². The molecule has 1 N–H and O–H groups in total. The first kappa shape index (κ1) is 18.0. The zero-order valence-corrected chi connectivity index (χ0v) is 16.3. The second-order valence-electron chi connectivity index (χ2n) is 7.14. The molecule has 0 bridgehead atoms. The molecule has 28 heavy (non-hydrogen) atoms. The summed E-state index contributed by atoms with van der Waals surface area (Å²) in [7, 11) is 0. The van der Waals surface area contributed by atoms with Crippen molar-refractivity contribution in [3.8, 4) is 5.69 Å². The Labute approximate surface area is 163 Å². The number of anilines is 1. The number of nitrogens with zero attached hydrogens (tertiary/aromatic N) is 4. The number of rotatable bonds is 5. The largest absolute Gasteiger partial charge is 0.319 e. The van der Waals surface area contributed by atoms with Crippen molar-refractivity contribution in [1.82, 2.24) is 19.3 Å². The summed E-state index contributed by atoms with van der Waals surface area (Å²) in [4.78, 5) is 17.4. The fourth-order valence-corrected chi connectivity index (χ4v) is 3.26. The zero-order valence-electron chi connectivity index (χ0n) is 16.3. The highest BCUT2D eigenvalue weighted by atomic mass is 16.2. The molecule has 0 saturated carbocycles. The van der Waals surface area contributed by atoms with Gasteiger partial charge in [0.25, 0.3) is 0 Å². The monoisotopic (exact) mass is 373 g/mol. The standard InChI is InChI=1S/C22H23N5O/c1-15(2)19-13-21(27(25-19)17-9-5-4-6-10-17)24-22(28)14-26-16(3)23-18-11-7-8-12-20(18)26/h4-13,15H,14H2,1-3H3,(H,24,28). The number of carbonyl (C=O) groups excluding carboxylic acids is 1. The number of benzene rings is 2. The minimum Gasteiger partial charge on any atom is -0.319 e. The molecule has 0 aliphatic rings. The van der Waals surface area contributed by atoms with E-state index in [1.54, 1.807) is 4.68 Å². The second kappa shape index (κ2) is 7.31. The number of hydrogen-bond acceptors (Lipinski definition) is 3. The molecule has 0 unspecified atom stereocenters. The summed E-state index contributed by atoms with van der Waals surface area (Å²) in [5.41, 5.74) is 3.69. The Balaban J connectivity index is 1.63. The maximum absolute atomic E-state index is 12.8. The van der Waals surface area contributed by atoms with Crippen LogP contribution in [0.1, 0.15) is 31.3 Å². The van der Waals surface area contributed by atoms with Crippen LogP contribution < -0.4 is 5.32 Å². The normalized spacial score (nSPS) is 11.3. The van der Waals surface area contributed by atoms with Crippen LogP contribution in [-0.2, 0) is 11.3 Å². The van der Waals surface area contributed by atoms with Crippen LogP contribution in [0.2, 0.25) is 0 Å². The lowest BCUT2D eigenvalue weighted by atomic mass is 10.1. The van der Waals surface area contributed by atoms with Gasteiger partial charge in [-0.25, -0.2) is 9.67 Å². The topological polar surface area (TPSA) is 64.7 Å². The Kier molecular flexibility index (Phi) is 4.69. The summed E-state index contributed by atoms with van der Waals surface area (Å²) in [6.45, 7) is 6.29. The number of aromatic nitrogens is 4. The maximum atomic E-state index is 12.8. The SMILES string of the molecule is Cc1nc2ccccc2n1CC(=O)Nc1cc(C(C)C)nn1-c1ccccc1. The molecule has 0 atom stereocenters. The molecule has 2 aromatic heterocycles. The van der Waals surface area contributed by atoms with E-state index in [1.807, 2.05) is 72.2 Å². The molecule has 6 nitrogen and oxygen atoms in total. The van der Waals surface area contributed by atoms with Crippen LogP contribution >= 0.6 is 0 Å². The van der Waals surface area contributed by atoms with Gasteiger partial charge in [0.1, 0.15) is 18.2 Å². The summed E-state index contributed by atoms with van der Waals surface area (Å²) >= 11 is 0. The van der Waals surface area contributed by atoms with Gasteiger partial charge in [0.15, 0.2) is 0 Å². The van der Waals surface area contributed by atoms with Crippen LogP contribution in [0.4, 0.5) is 5.82 Å². The first-order chi connectivity index (χ1) is 13.5. The van der Waals surface area contributed by atoms with E-state index in [0.717, 1.165) is 28.2 Å². The third-order valence-corrected chi connectivity index (χ3v) is 4.74. The summed E-state index contributed by atoms with van der Waals surface area (Å²) < 4.78 is 3.71. The van der Waals surface area contributed by atoms with Crippen molar-refractivity contribution in [2.45, 2.75) is 33.2 Å². The molecule has 142 valence electrons. The Morgan fingerprint density at radius 2 is 1.79 bits per heavy atom. The number of amides is 1. The Hall–Kier alpha value is -3.41. The molecule has 2 heterocycles. The molecule has 0 aliphatic heterocycles. The molecular weight excluding hydrogens is 350 g/mol. The number of hydrogen-bond donors (Lipinski definition) is 1. The zero-order chi connectivity index (χ0) is 19.7. The minimum atomic E-state index is -0.112. The van der Waals surface area contributed by atoms with Crippen molar-refractivity contribution in [3.63, 3.8) is 0 Å². The lowest BCUT2D eigenvalue weighted by Gasteiger charge is -2.10. The summed E-state index contributed by atoms with van der Waals surface area (Å²) in [5, 5.41) is 7.71. The van der Waals surface area contributed by atoms with Gasteiger partial charge >= 0.3 is 0 Å². The lowest BCUT2D eigenvalue weighted by molar-refractivity contribution is -0.116. The number of fused-ring (bicyclic) bond motifs is 1. The van der Waals surface area contributed by atoms with E-state index in [2.05, 4.69) is 29.2 Å². The first-order valence-corrected chi connectivity index (χ1v) is 9.40. The van der Waals surface area contributed by atoms with Crippen LogP contribution in [0.5, 0.6) is 0 Å². The highest BCUT2D eigenvalue weighted by Gasteiger charge is 2.16. The number of aryl methyl sites for hydroxylation is 1. The molecule has 0 saturated heterocycles. The fourth-order valence-electron chi connectivity index (χ4n) is 3.26. The molecule has 4 rings (SSSR count). The summed E-state index contributed by atoms with van der Waals surface area (Å²) in [5.74, 6) is 1.64. The molecule has 0 fully saturated rings. The van der Waals surface area contributed by atoms with Crippen molar-refractivity contribution in [2.24, 2.45) is 0 Å². The predicted molar refractivity (Wildman–Crippen MR) is 111 cm³/mol. The van der Waals surface area contributed by atoms with Gasteiger partial charge in [0.2, 0.25) is 5.91 Å². The fraction of sp³-hybridized carbons (Fsp3) is 0.227. The molecule has 4 aromatic rings. The molecule has 0 spiro atoms. The van der Waals surface area contributed by atoms with E-state index in [1.165, 1.54) is 0 Å². The van der Waals surface area contributed by atoms with Gasteiger partial charge in [0.05, 0.1) is 22.4 Å². The van der Waals surface area contributed by atoms with Crippen molar-refractivity contribution < 1.29 is 4.79 Å². The third kappa shape index (κ3) is 3.41. The first-order valence-electron chi connectivity index (χ1n) is 9.40. The van der Waals surface area contributed by atoms with Crippen molar-refractivity contribution in [3.05, 3.63) is 72.2 Å². The lowest BCUT2D eigenvalue weighted by Crippen LogP contribution is -2.21. The number of carbonyl (C=O) groups is 1. The molecule has 1 amide bonds. The number of nitrogens with one attached hydrogen (secondary N) is 1. The summed E-state index contributed by atoms with van der Waals surface area (Å²) in [6, 6.07) is 19.6. The van der Waals surface area contributed by atoms with Gasteiger partial charge < -0.3 is 9.88 Å². The van der Waals surface area contributed by atoms with Crippen molar-refractivity contribution in [1.29, 1.82) is 0 Å². The quantitative estimate of drug-likeness (QED) is 0.567. The molecule has 0 radical (unpaired) electrons. The van der Waals surface area contributed by atoms with Gasteiger partial charge in [-0.3, -0.25) is 4.79 Å². The third-order valence-electron chi connectivity index (χ3n) is 4.74. The van der Waals surface area contributed by atoms with Gasteiger partial charge in [0, 0.05) is 6.07 Å². The molecule has 6 heteroatoms. The van der Waals surface area contributed by atoms with E-state index < -0.39 is 0 Å². The van der Waals surface area contributed by atoms with Gasteiger partial charge in [-0.15, -0.1) is 0 Å². The van der Waals surface area contributed by atoms with Crippen LogP contribution in [0.25, 0.3) is 16.7 Å². The van der Waals surface area contributed by atoms with E-state index in [4.69, 9.17) is 0 Å². The van der Waals surface area contributed by atoms with E-state index in [0.29, 0.717) is 5.82 Å². The average Bonchev–Trinajstić information content (AvgIpc) is 3.24. The Bertz CT molecular complexity index is 1120. The van der Waals surface area contributed by atoms with Crippen molar-refractivity contribution in [2.75, 3.05) is 5.32 Å². The average molecular weight is 373 g/mol. The van der Waals surface area contributed by atoms with Gasteiger partial charge in [-0.2, -0.15) is 5.10 Å². The molecule has 2 aromatic carbocycles. The maximum Gasteiger partial charge on any atom is 0.245 e. The van der Waals surface area contributed by atoms with Crippen molar-refractivity contribution >= 4 is 22.8 Å². The van der Waals surface area contributed by atoms with E-state index >= 15 is 0 Å². The van der Waals surface area contributed by atoms with Gasteiger partial charge in [-0.1, -0.05) is 44.2 Å². The van der Waals surface area contributed by atoms with Crippen LogP contribution in [-0.4, -0.2) is 25.2 Å². The highest BCUT2D eigenvalue weighted by Crippen LogP contribution is 2.22. The van der Waals surface area contributed by atoms with E-state index in [9.17, 15) is 4.79 Å². The smallest absolute Gasteiger partial charge is 0.245 e. The highest BCUT2D eigenvalue weighted by molar-refractivity contribution is 5.91. The van der Waals surface area contributed by atoms with Crippen LogP contribution in [0, 0.1) is 6.92 Å². The molecular formula is C22H23N5O. The minimum absolute atomic E-state index is 0.112. The Morgan fingerprint density at radius 1 is 1.07 bits per heavy atom. The molecule has 0 aliphatic carbocycles. The number of para-hydroxylation sites is 3. The number of imidazole rings is 1. The van der Waals surface area contributed by atoms with Crippen LogP contribution in [0.15, 0.2) is 60.7 Å². The second-order valence-corrected chi connectivity index (χ2v) is 7.14. The van der Waals surface area contributed by atoms with E-state index in [-0.39, 0.29) is 18.4 Å². The Morgan fingerprint density at radius 3 is 2.54 bits per heavy atom. The van der Waals surface area contributed by atoms with Crippen LogP contribution in [0.3, 0.4) is 0 Å².